The molecule has 23 heavy (non-hydrogen) atoms. The van der Waals surface area contributed by atoms with Gasteiger partial charge in [0, 0.05) is 12.2 Å². The number of hydrogen-bond donors (Lipinski definition) is 1. The van der Waals surface area contributed by atoms with Gasteiger partial charge in [-0.2, -0.15) is 5.10 Å². The SMILES string of the molecule is Cc1cnn(C(C)C(C)NC(C)c2nnc(-c3cccs3)o2)c1. The first-order valence-electron chi connectivity index (χ1n) is 7.68. The van der Waals surface area contributed by atoms with Crippen LogP contribution in [-0.4, -0.2) is 26.0 Å². The van der Waals surface area contributed by atoms with Crippen LogP contribution in [0.5, 0.6) is 0 Å². The highest BCUT2D eigenvalue weighted by atomic mass is 32.1. The fraction of sp³-hybridized carbons (Fsp3) is 0.438. The van der Waals surface area contributed by atoms with Crippen molar-refractivity contribution in [1.82, 2.24) is 25.3 Å². The van der Waals surface area contributed by atoms with Gasteiger partial charge in [0.1, 0.15) is 0 Å². The van der Waals surface area contributed by atoms with Gasteiger partial charge < -0.3 is 9.73 Å². The lowest BCUT2D eigenvalue weighted by molar-refractivity contribution is 0.317. The number of rotatable bonds is 6. The molecule has 0 fully saturated rings. The number of nitrogens with zero attached hydrogens (tertiary/aromatic N) is 4. The summed E-state index contributed by atoms with van der Waals surface area (Å²) in [6, 6.07) is 4.36. The molecule has 3 aromatic rings. The van der Waals surface area contributed by atoms with Gasteiger partial charge in [-0.15, -0.1) is 21.5 Å². The number of hydrogen-bond acceptors (Lipinski definition) is 6. The molecule has 0 spiro atoms. The van der Waals surface area contributed by atoms with E-state index in [-0.39, 0.29) is 18.1 Å². The minimum Gasteiger partial charge on any atom is -0.418 e. The molecule has 6 nitrogen and oxygen atoms in total. The molecule has 3 heterocycles. The second-order valence-corrected chi connectivity index (χ2v) is 6.79. The van der Waals surface area contributed by atoms with Crippen molar-refractivity contribution in [2.45, 2.75) is 45.8 Å². The summed E-state index contributed by atoms with van der Waals surface area (Å²) in [7, 11) is 0. The molecule has 0 radical (unpaired) electrons. The zero-order valence-electron chi connectivity index (χ0n) is 13.7. The van der Waals surface area contributed by atoms with Gasteiger partial charge in [0.2, 0.25) is 5.89 Å². The van der Waals surface area contributed by atoms with Gasteiger partial charge in [0.25, 0.3) is 5.89 Å². The highest BCUT2D eigenvalue weighted by Crippen LogP contribution is 2.25. The van der Waals surface area contributed by atoms with E-state index in [1.807, 2.05) is 42.2 Å². The van der Waals surface area contributed by atoms with E-state index in [9.17, 15) is 0 Å². The third-order valence-corrected chi connectivity index (χ3v) is 4.79. The molecule has 1 N–H and O–H groups in total. The van der Waals surface area contributed by atoms with E-state index >= 15 is 0 Å². The Morgan fingerprint density at radius 3 is 2.74 bits per heavy atom. The summed E-state index contributed by atoms with van der Waals surface area (Å²) in [6.07, 6.45) is 3.92. The van der Waals surface area contributed by atoms with Crippen LogP contribution in [0.1, 0.15) is 44.3 Å². The summed E-state index contributed by atoms with van der Waals surface area (Å²) < 4.78 is 7.76. The second kappa shape index (κ2) is 6.64. The normalized spacial score (nSPS) is 15.5. The van der Waals surface area contributed by atoms with Crippen LogP contribution in [0, 0.1) is 6.92 Å². The van der Waals surface area contributed by atoms with Crippen LogP contribution < -0.4 is 5.32 Å². The Kier molecular flexibility index (Phi) is 4.58. The Morgan fingerprint density at radius 1 is 1.26 bits per heavy atom. The minimum atomic E-state index is -0.0229. The fourth-order valence-electron chi connectivity index (χ4n) is 2.40. The predicted octanol–water partition coefficient (Wildman–Crippen LogP) is 3.60. The molecule has 0 aliphatic heterocycles. The Morgan fingerprint density at radius 2 is 2.09 bits per heavy atom. The topological polar surface area (TPSA) is 68.8 Å². The Labute approximate surface area is 139 Å². The van der Waals surface area contributed by atoms with E-state index in [1.165, 1.54) is 0 Å². The van der Waals surface area contributed by atoms with Crippen molar-refractivity contribution in [3.63, 3.8) is 0 Å². The van der Waals surface area contributed by atoms with Gasteiger partial charge >= 0.3 is 0 Å². The van der Waals surface area contributed by atoms with Crippen molar-refractivity contribution in [3.8, 4) is 10.8 Å². The monoisotopic (exact) mass is 331 g/mol. The highest BCUT2D eigenvalue weighted by molar-refractivity contribution is 7.13. The maximum absolute atomic E-state index is 5.78. The van der Waals surface area contributed by atoms with Crippen molar-refractivity contribution in [1.29, 1.82) is 0 Å². The molecule has 3 aromatic heterocycles. The number of thiophene rings is 1. The molecule has 0 saturated heterocycles. The molecule has 0 aliphatic rings. The smallest absolute Gasteiger partial charge is 0.257 e. The first-order chi connectivity index (χ1) is 11.0. The number of aromatic nitrogens is 4. The van der Waals surface area contributed by atoms with Crippen molar-refractivity contribution < 1.29 is 4.42 Å². The van der Waals surface area contributed by atoms with E-state index in [4.69, 9.17) is 4.42 Å². The first-order valence-corrected chi connectivity index (χ1v) is 8.56. The standard InChI is InChI=1S/C16H21N5OS/c1-10-8-17-21(9-10)13(4)11(2)18-12(3)15-19-20-16(22-15)14-6-5-7-23-14/h5-9,11-13,18H,1-4H3. The molecule has 3 unspecified atom stereocenters. The van der Waals surface area contributed by atoms with Crippen LogP contribution in [0.25, 0.3) is 10.8 Å². The second-order valence-electron chi connectivity index (χ2n) is 5.84. The van der Waals surface area contributed by atoms with E-state index < -0.39 is 0 Å². The lowest BCUT2D eigenvalue weighted by atomic mass is 10.1. The van der Waals surface area contributed by atoms with Gasteiger partial charge in [-0.05, 0) is 44.7 Å². The summed E-state index contributed by atoms with van der Waals surface area (Å²) in [4.78, 5) is 0.990. The lowest BCUT2D eigenvalue weighted by Gasteiger charge is -2.24. The van der Waals surface area contributed by atoms with Crippen molar-refractivity contribution >= 4 is 11.3 Å². The van der Waals surface area contributed by atoms with Crippen LogP contribution in [0.3, 0.4) is 0 Å². The zero-order chi connectivity index (χ0) is 16.4. The number of aryl methyl sites for hydroxylation is 1. The molecular formula is C16H21N5OS. The van der Waals surface area contributed by atoms with Gasteiger partial charge in [-0.25, -0.2) is 0 Å². The average molecular weight is 331 g/mol. The molecule has 3 atom stereocenters. The summed E-state index contributed by atoms with van der Waals surface area (Å²) in [6.45, 7) is 8.35. The molecule has 0 bridgehead atoms. The van der Waals surface area contributed by atoms with Gasteiger partial charge in [0.15, 0.2) is 0 Å². The van der Waals surface area contributed by atoms with Gasteiger partial charge in [0.05, 0.1) is 23.2 Å². The average Bonchev–Trinajstić information content (AvgIpc) is 3.26. The largest absolute Gasteiger partial charge is 0.418 e. The summed E-state index contributed by atoms with van der Waals surface area (Å²) >= 11 is 1.59. The molecule has 3 rings (SSSR count). The molecule has 0 aliphatic carbocycles. The van der Waals surface area contributed by atoms with Crippen LogP contribution >= 0.6 is 11.3 Å². The quantitative estimate of drug-likeness (QED) is 0.747. The molecule has 7 heteroatoms. The summed E-state index contributed by atoms with van der Waals surface area (Å²) in [5.41, 5.74) is 1.16. The molecule has 0 aromatic carbocycles. The maximum atomic E-state index is 5.78. The minimum absolute atomic E-state index is 0.0229. The Hall–Kier alpha value is -1.99. The molecule has 0 saturated carbocycles. The van der Waals surface area contributed by atoms with Crippen LogP contribution in [0.15, 0.2) is 34.3 Å². The van der Waals surface area contributed by atoms with E-state index in [2.05, 4.69) is 40.7 Å². The maximum Gasteiger partial charge on any atom is 0.257 e. The third kappa shape index (κ3) is 3.51. The predicted molar refractivity (Wildman–Crippen MR) is 90.3 cm³/mol. The highest BCUT2D eigenvalue weighted by Gasteiger charge is 2.21. The van der Waals surface area contributed by atoms with Crippen molar-refractivity contribution in [3.05, 3.63) is 41.4 Å². The lowest BCUT2D eigenvalue weighted by Crippen LogP contribution is -2.35. The Balaban J connectivity index is 1.65. The molecule has 122 valence electrons. The third-order valence-electron chi connectivity index (χ3n) is 3.93. The van der Waals surface area contributed by atoms with Crippen molar-refractivity contribution in [2.75, 3.05) is 0 Å². The summed E-state index contributed by atoms with van der Waals surface area (Å²) in [5.74, 6) is 1.18. The summed E-state index contributed by atoms with van der Waals surface area (Å²) in [5, 5.41) is 18.2. The zero-order valence-corrected chi connectivity index (χ0v) is 14.5. The first kappa shape index (κ1) is 15.9. The van der Waals surface area contributed by atoms with Gasteiger partial charge in [-0.1, -0.05) is 6.07 Å². The van der Waals surface area contributed by atoms with Gasteiger partial charge in [-0.3, -0.25) is 4.68 Å². The fourth-order valence-corrected chi connectivity index (χ4v) is 3.04. The van der Waals surface area contributed by atoms with E-state index in [0.29, 0.717) is 11.8 Å². The molecule has 0 amide bonds. The van der Waals surface area contributed by atoms with Crippen LogP contribution in [0.4, 0.5) is 0 Å². The van der Waals surface area contributed by atoms with Crippen molar-refractivity contribution in [2.24, 2.45) is 0 Å². The number of nitrogens with one attached hydrogen (secondary N) is 1. The van der Waals surface area contributed by atoms with Crippen LogP contribution in [0.2, 0.25) is 0 Å². The van der Waals surface area contributed by atoms with E-state index in [1.54, 1.807) is 11.3 Å². The van der Waals surface area contributed by atoms with E-state index in [0.717, 1.165) is 10.4 Å². The Bertz CT molecular complexity index is 748. The molecular weight excluding hydrogens is 310 g/mol. The van der Waals surface area contributed by atoms with Crippen LogP contribution in [-0.2, 0) is 0 Å².